The second-order valence-electron chi connectivity index (χ2n) is 7.09. The van der Waals surface area contributed by atoms with Crippen LogP contribution in [-0.2, 0) is 14.0 Å². The van der Waals surface area contributed by atoms with Crippen molar-refractivity contribution in [2.75, 3.05) is 6.61 Å². The van der Waals surface area contributed by atoms with Crippen molar-refractivity contribution >= 4 is 14.1 Å². The normalized spacial score (nSPS) is 23.0. The molecule has 3 nitrogen and oxygen atoms in total. The fourth-order valence-corrected chi connectivity index (χ4v) is 6.18. The standard InChI is InChI=1S/C19H36O3Si/c1-6-23(7-2,8-3)21-13-12-18-10-9-11-19(22-18)15-16(4)14-17(5)20/h9-10,16,18-19H,6-8,11-15H2,1-5H3/t16-,18-,19-/m0/s1. The third-order valence-corrected chi connectivity index (χ3v) is 9.84. The smallest absolute Gasteiger partial charge is 0.191 e. The van der Waals surface area contributed by atoms with E-state index in [4.69, 9.17) is 9.16 Å². The third kappa shape index (κ3) is 7.32. The van der Waals surface area contributed by atoms with Crippen LogP contribution in [0.25, 0.3) is 0 Å². The van der Waals surface area contributed by atoms with Gasteiger partial charge in [-0.05, 0) is 50.2 Å². The molecule has 3 atom stereocenters. The summed E-state index contributed by atoms with van der Waals surface area (Å²) < 4.78 is 12.5. The second-order valence-corrected chi connectivity index (χ2v) is 11.9. The van der Waals surface area contributed by atoms with Crippen LogP contribution in [0.15, 0.2) is 12.2 Å². The quantitative estimate of drug-likeness (QED) is 0.387. The van der Waals surface area contributed by atoms with Gasteiger partial charge in [-0.25, -0.2) is 0 Å². The Morgan fingerprint density at radius 1 is 1.30 bits per heavy atom. The number of ether oxygens (including phenoxy) is 1. The third-order valence-electron chi connectivity index (χ3n) is 5.16. The minimum absolute atomic E-state index is 0.176. The number of Topliss-reactive ketones (excluding diaryl/α,β-unsaturated/α-hetero) is 1. The van der Waals surface area contributed by atoms with Gasteiger partial charge in [-0.2, -0.15) is 0 Å². The molecule has 4 heteroatoms. The molecular weight excluding hydrogens is 304 g/mol. The highest BCUT2D eigenvalue weighted by atomic mass is 28.4. The lowest BCUT2D eigenvalue weighted by molar-refractivity contribution is -0.118. The number of hydrogen-bond donors (Lipinski definition) is 0. The lowest BCUT2D eigenvalue weighted by Gasteiger charge is -2.31. The first-order valence-corrected chi connectivity index (χ1v) is 11.9. The van der Waals surface area contributed by atoms with E-state index in [1.165, 1.54) is 18.1 Å². The molecular formula is C19H36O3Si. The topological polar surface area (TPSA) is 35.5 Å². The summed E-state index contributed by atoms with van der Waals surface area (Å²) in [4.78, 5) is 11.2. The molecule has 0 saturated heterocycles. The fraction of sp³-hybridized carbons (Fsp3) is 0.842. The molecule has 1 rings (SSSR count). The van der Waals surface area contributed by atoms with Gasteiger partial charge in [0.15, 0.2) is 8.32 Å². The largest absolute Gasteiger partial charge is 0.417 e. The van der Waals surface area contributed by atoms with Crippen LogP contribution in [0.5, 0.6) is 0 Å². The lowest BCUT2D eigenvalue weighted by atomic mass is 9.95. The molecule has 0 aromatic carbocycles. The minimum Gasteiger partial charge on any atom is -0.417 e. The summed E-state index contributed by atoms with van der Waals surface area (Å²) >= 11 is 0. The van der Waals surface area contributed by atoms with Gasteiger partial charge in [0.25, 0.3) is 0 Å². The molecule has 0 aromatic heterocycles. The van der Waals surface area contributed by atoms with E-state index >= 15 is 0 Å². The van der Waals surface area contributed by atoms with E-state index in [9.17, 15) is 4.79 Å². The zero-order chi connectivity index (χ0) is 17.3. The monoisotopic (exact) mass is 340 g/mol. The predicted octanol–water partition coefficient (Wildman–Crippen LogP) is 5.12. The summed E-state index contributed by atoms with van der Waals surface area (Å²) in [6.07, 6.45) is 8.40. The van der Waals surface area contributed by atoms with Crippen molar-refractivity contribution in [1.29, 1.82) is 0 Å². The molecule has 0 spiro atoms. The zero-order valence-electron chi connectivity index (χ0n) is 15.8. The average Bonchev–Trinajstić information content (AvgIpc) is 2.51. The number of carbonyl (C=O) groups excluding carboxylic acids is 1. The van der Waals surface area contributed by atoms with Crippen LogP contribution in [0.2, 0.25) is 18.1 Å². The van der Waals surface area contributed by atoms with Gasteiger partial charge in [-0.1, -0.05) is 39.8 Å². The van der Waals surface area contributed by atoms with Crippen molar-refractivity contribution in [2.45, 2.75) is 90.6 Å². The van der Waals surface area contributed by atoms with Crippen LogP contribution in [0.3, 0.4) is 0 Å². The van der Waals surface area contributed by atoms with Gasteiger partial charge in [0.2, 0.25) is 0 Å². The Bertz CT molecular complexity index is 369. The molecule has 0 amide bonds. The Morgan fingerprint density at radius 3 is 2.52 bits per heavy atom. The fourth-order valence-electron chi connectivity index (χ4n) is 3.52. The predicted molar refractivity (Wildman–Crippen MR) is 99.3 cm³/mol. The van der Waals surface area contributed by atoms with Gasteiger partial charge in [0, 0.05) is 13.0 Å². The SMILES string of the molecule is CC[Si](CC)(CC)OCC[C@@H]1C=CC[C@@H](C[C@@H](C)CC(C)=O)O1. The highest BCUT2D eigenvalue weighted by Gasteiger charge is 2.29. The first-order chi connectivity index (χ1) is 10.9. The van der Waals surface area contributed by atoms with Gasteiger partial charge < -0.3 is 14.0 Å². The maximum atomic E-state index is 11.2. The molecule has 0 unspecified atom stereocenters. The molecule has 1 heterocycles. The Labute approximate surface area is 144 Å². The lowest BCUT2D eigenvalue weighted by Crippen LogP contribution is -2.37. The summed E-state index contributed by atoms with van der Waals surface area (Å²) in [5.74, 6) is 0.676. The molecule has 0 saturated carbocycles. The molecule has 0 radical (unpaired) electrons. The van der Waals surface area contributed by atoms with Crippen molar-refractivity contribution in [3.63, 3.8) is 0 Å². The molecule has 134 valence electrons. The molecule has 0 fully saturated rings. The van der Waals surface area contributed by atoms with E-state index in [2.05, 4.69) is 39.8 Å². The number of hydrogen-bond acceptors (Lipinski definition) is 3. The van der Waals surface area contributed by atoms with Gasteiger partial charge in [0.05, 0.1) is 12.2 Å². The Kier molecular flexibility index (Phi) is 9.33. The van der Waals surface area contributed by atoms with Gasteiger partial charge in [-0.15, -0.1) is 0 Å². The summed E-state index contributed by atoms with van der Waals surface area (Å²) in [6.45, 7) is 11.4. The van der Waals surface area contributed by atoms with Crippen LogP contribution in [-0.4, -0.2) is 32.9 Å². The summed E-state index contributed by atoms with van der Waals surface area (Å²) in [7, 11) is -1.48. The van der Waals surface area contributed by atoms with Crippen LogP contribution >= 0.6 is 0 Å². The highest BCUT2D eigenvalue weighted by Crippen LogP contribution is 2.25. The molecule has 0 aliphatic carbocycles. The van der Waals surface area contributed by atoms with E-state index in [0.29, 0.717) is 12.3 Å². The number of carbonyl (C=O) groups is 1. The second kappa shape index (κ2) is 10.4. The van der Waals surface area contributed by atoms with Crippen molar-refractivity contribution < 1.29 is 14.0 Å². The number of ketones is 1. The van der Waals surface area contributed by atoms with Crippen molar-refractivity contribution in [1.82, 2.24) is 0 Å². The first kappa shape index (κ1) is 20.6. The van der Waals surface area contributed by atoms with Crippen LogP contribution in [0, 0.1) is 5.92 Å². The molecule has 0 N–H and O–H groups in total. The summed E-state index contributed by atoms with van der Waals surface area (Å²) in [6, 6.07) is 3.60. The molecule has 1 aliphatic rings. The van der Waals surface area contributed by atoms with Gasteiger partial charge >= 0.3 is 0 Å². The van der Waals surface area contributed by atoms with Gasteiger partial charge in [-0.3, -0.25) is 0 Å². The van der Waals surface area contributed by atoms with Crippen molar-refractivity contribution in [3.05, 3.63) is 12.2 Å². The van der Waals surface area contributed by atoms with Crippen molar-refractivity contribution in [2.24, 2.45) is 5.92 Å². The van der Waals surface area contributed by atoms with Crippen LogP contribution < -0.4 is 0 Å². The minimum atomic E-state index is -1.48. The van der Waals surface area contributed by atoms with E-state index in [-0.39, 0.29) is 18.0 Å². The summed E-state index contributed by atoms with van der Waals surface area (Å²) in [5, 5.41) is 0. The maximum absolute atomic E-state index is 11.2. The van der Waals surface area contributed by atoms with E-state index in [1.807, 2.05) is 0 Å². The van der Waals surface area contributed by atoms with E-state index in [1.54, 1.807) is 6.92 Å². The van der Waals surface area contributed by atoms with E-state index < -0.39 is 8.32 Å². The van der Waals surface area contributed by atoms with E-state index in [0.717, 1.165) is 25.9 Å². The summed E-state index contributed by atoms with van der Waals surface area (Å²) in [5.41, 5.74) is 0. The average molecular weight is 341 g/mol. The maximum Gasteiger partial charge on any atom is 0.191 e. The molecule has 0 aromatic rings. The van der Waals surface area contributed by atoms with Crippen LogP contribution in [0.1, 0.15) is 60.3 Å². The first-order valence-electron chi connectivity index (χ1n) is 9.40. The zero-order valence-corrected chi connectivity index (χ0v) is 16.8. The van der Waals surface area contributed by atoms with Gasteiger partial charge in [0.1, 0.15) is 5.78 Å². The highest BCUT2D eigenvalue weighted by molar-refractivity contribution is 6.73. The Hall–Kier alpha value is -0.453. The van der Waals surface area contributed by atoms with Crippen LogP contribution in [0.4, 0.5) is 0 Å². The Balaban J connectivity index is 2.37. The molecule has 23 heavy (non-hydrogen) atoms. The molecule has 1 aliphatic heterocycles. The Morgan fingerprint density at radius 2 is 1.96 bits per heavy atom. The van der Waals surface area contributed by atoms with Crippen molar-refractivity contribution in [3.8, 4) is 0 Å². The molecule has 0 bridgehead atoms. The number of rotatable bonds is 11.